The van der Waals surface area contributed by atoms with E-state index in [1.54, 1.807) is 13.8 Å². The Hall–Kier alpha value is -1.88. The number of amides is 1. The summed E-state index contributed by atoms with van der Waals surface area (Å²) < 4.78 is 0. The molecule has 1 aromatic carbocycles. The highest BCUT2D eigenvalue weighted by Crippen LogP contribution is 2.09. The molecule has 0 aromatic heterocycles. The van der Waals surface area contributed by atoms with Crippen LogP contribution in [0.25, 0.3) is 0 Å². The van der Waals surface area contributed by atoms with Crippen LogP contribution in [0.3, 0.4) is 0 Å². The average molecular weight is 264 g/mol. The largest absolute Gasteiger partial charge is 0.481 e. The highest BCUT2D eigenvalue weighted by molar-refractivity contribution is 5.83. The zero-order chi connectivity index (χ0) is 14.5. The minimum Gasteiger partial charge on any atom is -0.481 e. The fourth-order valence-corrected chi connectivity index (χ4v) is 1.81. The van der Waals surface area contributed by atoms with Gasteiger partial charge in [0.15, 0.2) is 0 Å². The highest BCUT2D eigenvalue weighted by atomic mass is 16.4. The fraction of sp³-hybridized carbons (Fsp3) is 0.429. The molecule has 1 unspecified atom stereocenters. The van der Waals surface area contributed by atoms with Crippen molar-refractivity contribution in [2.75, 3.05) is 0 Å². The van der Waals surface area contributed by atoms with Gasteiger partial charge >= 0.3 is 5.97 Å². The van der Waals surface area contributed by atoms with Crippen molar-refractivity contribution in [3.05, 3.63) is 35.9 Å². The Morgan fingerprint density at radius 1 is 1.32 bits per heavy atom. The van der Waals surface area contributed by atoms with E-state index in [4.69, 9.17) is 10.8 Å². The summed E-state index contributed by atoms with van der Waals surface area (Å²) in [6.07, 6.45) is 0.284. The molecule has 5 heteroatoms. The van der Waals surface area contributed by atoms with E-state index in [9.17, 15) is 9.59 Å². The Bertz CT molecular complexity index is 443. The Balaban J connectivity index is 2.56. The molecule has 0 fully saturated rings. The topological polar surface area (TPSA) is 92.4 Å². The number of carbonyl (C=O) groups excluding carboxylic acids is 1. The van der Waals surface area contributed by atoms with Crippen LogP contribution < -0.4 is 11.1 Å². The molecular weight excluding hydrogens is 244 g/mol. The average Bonchev–Trinajstić information content (AvgIpc) is 2.27. The van der Waals surface area contributed by atoms with Crippen LogP contribution in [-0.2, 0) is 16.0 Å². The van der Waals surface area contributed by atoms with Gasteiger partial charge in [0, 0.05) is 5.54 Å². The van der Waals surface area contributed by atoms with Gasteiger partial charge in [-0.3, -0.25) is 9.59 Å². The quantitative estimate of drug-likeness (QED) is 0.712. The lowest BCUT2D eigenvalue weighted by Crippen LogP contribution is -2.52. The van der Waals surface area contributed by atoms with Crippen molar-refractivity contribution in [2.45, 2.75) is 38.3 Å². The Labute approximate surface area is 112 Å². The molecule has 0 radical (unpaired) electrons. The maximum Gasteiger partial charge on any atom is 0.305 e. The molecule has 1 rings (SSSR count). The molecule has 1 aromatic rings. The second kappa shape index (κ2) is 6.33. The van der Waals surface area contributed by atoms with Crippen LogP contribution in [0.4, 0.5) is 0 Å². The first-order valence-electron chi connectivity index (χ1n) is 6.13. The maximum atomic E-state index is 11.9. The van der Waals surface area contributed by atoms with Crippen molar-refractivity contribution in [3.63, 3.8) is 0 Å². The summed E-state index contributed by atoms with van der Waals surface area (Å²) >= 11 is 0. The molecule has 1 amide bonds. The van der Waals surface area contributed by atoms with E-state index in [1.807, 2.05) is 30.3 Å². The maximum absolute atomic E-state index is 11.9. The fourth-order valence-electron chi connectivity index (χ4n) is 1.81. The molecule has 19 heavy (non-hydrogen) atoms. The third-order valence-electron chi connectivity index (χ3n) is 2.69. The molecule has 0 aliphatic rings. The lowest BCUT2D eigenvalue weighted by Gasteiger charge is -2.26. The molecule has 0 aliphatic carbocycles. The molecule has 0 aliphatic heterocycles. The summed E-state index contributed by atoms with van der Waals surface area (Å²) in [5.41, 5.74) is 5.99. The molecule has 0 heterocycles. The summed E-state index contributed by atoms with van der Waals surface area (Å²) in [5.74, 6) is -1.29. The van der Waals surface area contributed by atoms with Crippen LogP contribution in [0.1, 0.15) is 25.8 Å². The second-order valence-electron chi connectivity index (χ2n) is 5.24. The Morgan fingerprint density at radius 3 is 2.42 bits per heavy atom. The molecular formula is C14H20N2O3. The first-order valence-corrected chi connectivity index (χ1v) is 6.13. The van der Waals surface area contributed by atoms with Crippen molar-refractivity contribution in [2.24, 2.45) is 5.73 Å². The number of aliphatic carboxylic acids is 1. The molecule has 0 saturated heterocycles. The monoisotopic (exact) mass is 264 g/mol. The van der Waals surface area contributed by atoms with Crippen LogP contribution in [-0.4, -0.2) is 28.6 Å². The van der Waals surface area contributed by atoms with Gasteiger partial charge in [0.05, 0.1) is 12.5 Å². The Kier molecular flexibility index (Phi) is 5.06. The number of carbonyl (C=O) groups is 2. The predicted octanol–water partition coefficient (Wildman–Crippen LogP) is 0.926. The van der Waals surface area contributed by atoms with Crippen molar-refractivity contribution in [3.8, 4) is 0 Å². The van der Waals surface area contributed by atoms with Gasteiger partial charge < -0.3 is 16.2 Å². The molecule has 1 atom stereocenters. The number of benzene rings is 1. The predicted molar refractivity (Wildman–Crippen MR) is 72.6 cm³/mol. The van der Waals surface area contributed by atoms with E-state index in [0.29, 0.717) is 6.42 Å². The molecule has 4 N–H and O–H groups in total. The smallest absolute Gasteiger partial charge is 0.305 e. The van der Waals surface area contributed by atoms with Gasteiger partial charge in [0.25, 0.3) is 0 Å². The SMILES string of the molecule is CC(C)(CC(=O)O)NC(=O)C(N)Cc1ccccc1. The zero-order valence-electron chi connectivity index (χ0n) is 11.2. The third kappa shape index (κ3) is 5.52. The van der Waals surface area contributed by atoms with Gasteiger partial charge in [-0.1, -0.05) is 30.3 Å². The van der Waals surface area contributed by atoms with Gasteiger partial charge in [-0.05, 0) is 25.8 Å². The van der Waals surface area contributed by atoms with Crippen molar-refractivity contribution in [1.29, 1.82) is 0 Å². The minimum atomic E-state index is -0.957. The van der Waals surface area contributed by atoms with Crippen molar-refractivity contribution in [1.82, 2.24) is 5.32 Å². The minimum absolute atomic E-state index is 0.142. The highest BCUT2D eigenvalue weighted by Gasteiger charge is 2.26. The first kappa shape index (κ1) is 15.2. The normalized spacial score (nSPS) is 12.8. The van der Waals surface area contributed by atoms with Crippen molar-refractivity contribution < 1.29 is 14.7 Å². The summed E-state index contributed by atoms with van der Waals surface area (Å²) in [6, 6.07) is 8.77. The van der Waals surface area contributed by atoms with Crippen LogP contribution in [0.2, 0.25) is 0 Å². The van der Waals surface area contributed by atoms with Crippen molar-refractivity contribution >= 4 is 11.9 Å². The van der Waals surface area contributed by atoms with E-state index in [0.717, 1.165) is 5.56 Å². The van der Waals surface area contributed by atoms with Gasteiger partial charge in [-0.25, -0.2) is 0 Å². The van der Waals surface area contributed by atoms with E-state index in [-0.39, 0.29) is 12.3 Å². The number of hydrogen-bond donors (Lipinski definition) is 3. The van der Waals surface area contributed by atoms with Crippen LogP contribution in [0.5, 0.6) is 0 Å². The standard InChI is InChI=1S/C14H20N2O3/c1-14(2,9-12(17)18)16-13(19)11(15)8-10-6-4-3-5-7-10/h3-7,11H,8-9,15H2,1-2H3,(H,16,19)(H,17,18). The van der Waals surface area contributed by atoms with Crippen LogP contribution in [0.15, 0.2) is 30.3 Å². The number of rotatable bonds is 6. The van der Waals surface area contributed by atoms with Gasteiger partial charge in [0.2, 0.25) is 5.91 Å². The van der Waals surface area contributed by atoms with E-state index >= 15 is 0 Å². The number of carboxylic acids is 1. The zero-order valence-corrected chi connectivity index (χ0v) is 11.2. The summed E-state index contributed by atoms with van der Waals surface area (Å²) in [4.78, 5) is 22.6. The molecule has 0 saturated carbocycles. The van der Waals surface area contributed by atoms with E-state index in [1.165, 1.54) is 0 Å². The van der Waals surface area contributed by atoms with Gasteiger partial charge in [-0.15, -0.1) is 0 Å². The molecule has 0 bridgehead atoms. The number of hydrogen-bond acceptors (Lipinski definition) is 3. The first-order chi connectivity index (χ1) is 8.80. The lowest BCUT2D eigenvalue weighted by atomic mass is 9.99. The summed E-state index contributed by atoms with van der Waals surface area (Å²) in [7, 11) is 0. The second-order valence-corrected chi connectivity index (χ2v) is 5.24. The van der Waals surface area contributed by atoms with Gasteiger partial charge in [-0.2, -0.15) is 0 Å². The third-order valence-corrected chi connectivity index (χ3v) is 2.69. The van der Waals surface area contributed by atoms with Gasteiger partial charge in [0.1, 0.15) is 0 Å². The number of carboxylic acid groups (broad SMARTS) is 1. The molecule has 0 spiro atoms. The molecule has 104 valence electrons. The summed E-state index contributed by atoms with van der Waals surface area (Å²) in [6.45, 7) is 3.32. The van der Waals surface area contributed by atoms with Crippen LogP contribution in [0, 0.1) is 0 Å². The molecule has 5 nitrogen and oxygen atoms in total. The summed E-state index contributed by atoms with van der Waals surface area (Å²) in [5, 5.41) is 11.4. The lowest BCUT2D eigenvalue weighted by molar-refractivity contribution is -0.138. The Morgan fingerprint density at radius 2 is 1.89 bits per heavy atom. The van der Waals surface area contributed by atoms with E-state index in [2.05, 4.69) is 5.32 Å². The number of nitrogens with two attached hydrogens (primary N) is 1. The van der Waals surface area contributed by atoms with E-state index < -0.39 is 17.6 Å². The van der Waals surface area contributed by atoms with Crippen LogP contribution >= 0.6 is 0 Å². The number of nitrogens with one attached hydrogen (secondary N) is 1.